The van der Waals surface area contributed by atoms with Crippen molar-refractivity contribution in [3.63, 3.8) is 0 Å². The SMILES string of the molecule is O=C(OC1CCCO1)C1C2=CCC(C2)C1C(=O)OC1CCCO1. The largest absolute Gasteiger partial charge is 0.436 e. The van der Waals surface area contributed by atoms with Gasteiger partial charge in [0, 0.05) is 12.8 Å². The van der Waals surface area contributed by atoms with Crippen LogP contribution < -0.4 is 0 Å². The molecule has 0 radical (unpaired) electrons. The van der Waals surface area contributed by atoms with Gasteiger partial charge in [-0.1, -0.05) is 11.6 Å². The van der Waals surface area contributed by atoms with Gasteiger partial charge in [0.25, 0.3) is 0 Å². The van der Waals surface area contributed by atoms with E-state index >= 15 is 0 Å². The lowest BCUT2D eigenvalue weighted by Gasteiger charge is -2.26. The van der Waals surface area contributed by atoms with Crippen LogP contribution in [0.3, 0.4) is 0 Å². The van der Waals surface area contributed by atoms with Crippen LogP contribution in [0.1, 0.15) is 38.5 Å². The molecule has 3 fully saturated rings. The Morgan fingerprint density at radius 1 is 1.00 bits per heavy atom. The average molecular weight is 322 g/mol. The summed E-state index contributed by atoms with van der Waals surface area (Å²) in [6.07, 6.45) is 6.05. The lowest BCUT2D eigenvalue weighted by atomic mass is 9.83. The number of esters is 2. The van der Waals surface area contributed by atoms with E-state index in [9.17, 15) is 9.59 Å². The Hall–Kier alpha value is -1.40. The van der Waals surface area contributed by atoms with Gasteiger partial charge in [0.1, 0.15) is 0 Å². The van der Waals surface area contributed by atoms with Gasteiger partial charge in [0.15, 0.2) is 0 Å². The third-order valence-corrected chi connectivity index (χ3v) is 5.24. The van der Waals surface area contributed by atoms with Crippen molar-refractivity contribution in [3.05, 3.63) is 11.6 Å². The first-order valence-corrected chi connectivity index (χ1v) is 8.55. The molecule has 4 rings (SSSR count). The van der Waals surface area contributed by atoms with Crippen LogP contribution in [0.4, 0.5) is 0 Å². The van der Waals surface area contributed by atoms with Gasteiger partial charge < -0.3 is 18.9 Å². The summed E-state index contributed by atoms with van der Waals surface area (Å²) in [6, 6.07) is 0. The van der Waals surface area contributed by atoms with Crippen molar-refractivity contribution in [1.82, 2.24) is 0 Å². The molecule has 5 atom stereocenters. The highest BCUT2D eigenvalue weighted by atomic mass is 16.7. The fourth-order valence-electron chi connectivity index (χ4n) is 4.12. The Kier molecular flexibility index (Phi) is 4.11. The number of hydrogen-bond acceptors (Lipinski definition) is 6. The molecule has 0 aromatic rings. The monoisotopic (exact) mass is 322 g/mol. The molecule has 2 saturated heterocycles. The molecule has 126 valence electrons. The van der Waals surface area contributed by atoms with Crippen LogP contribution in [-0.4, -0.2) is 37.7 Å². The summed E-state index contributed by atoms with van der Waals surface area (Å²) in [6.45, 7) is 1.25. The summed E-state index contributed by atoms with van der Waals surface area (Å²) in [5.74, 6) is -1.46. The summed E-state index contributed by atoms with van der Waals surface area (Å²) in [7, 11) is 0. The zero-order valence-electron chi connectivity index (χ0n) is 13.1. The predicted octanol–water partition coefficient (Wildman–Crippen LogP) is 1.93. The van der Waals surface area contributed by atoms with E-state index in [1.165, 1.54) is 0 Å². The molecule has 1 saturated carbocycles. The lowest BCUT2D eigenvalue weighted by Crippen LogP contribution is -2.37. The first kappa shape index (κ1) is 15.1. The number of carbonyl (C=O) groups is 2. The van der Waals surface area contributed by atoms with Gasteiger partial charge in [0.2, 0.25) is 12.6 Å². The molecule has 0 spiro atoms. The molecule has 23 heavy (non-hydrogen) atoms. The number of allylic oxidation sites excluding steroid dienone is 1. The van der Waals surface area contributed by atoms with Crippen molar-refractivity contribution in [2.45, 2.75) is 51.1 Å². The summed E-state index contributed by atoms with van der Waals surface area (Å²) >= 11 is 0. The molecular formula is C17H22O6. The average Bonchev–Trinajstić information content (AvgIpc) is 3.30. The van der Waals surface area contributed by atoms with Gasteiger partial charge in [-0.3, -0.25) is 9.59 Å². The van der Waals surface area contributed by atoms with Gasteiger partial charge in [-0.25, -0.2) is 0 Å². The number of rotatable bonds is 4. The predicted molar refractivity (Wildman–Crippen MR) is 77.9 cm³/mol. The molecule has 0 amide bonds. The highest BCUT2D eigenvalue weighted by Gasteiger charge is 2.52. The van der Waals surface area contributed by atoms with Crippen molar-refractivity contribution < 1.29 is 28.5 Å². The maximum absolute atomic E-state index is 12.6. The number of ether oxygens (including phenoxy) is 4. The summed E-state index contributed by atoms with van der Waals surface area (Å²) < 4.78 is 21.7. The van der Waals surface area contributed by atoms with E-state index in [0.717, 1.165) is 44.1 Å². The van der Waals surface area contributed by atoms with E-state index in [2.05, 4.69) is 6.08 Å². The van der Waals surface area contributed by atoms with E-state index in [1.807, 2.05) is 0 Å². The molecule has 5 unspecified atom stereocenters. The lowest BCUT2D eigenvalue weighted by molar-refractivity contribution is -0.186. The molecule has 6 heteroatoms. The minimum absolute atomic E-state index is 0.154. The molecule has 2 heterocycles. The van der Waals surface area contributed by atoms with Gasteiger partial charge in [0.05, 0.1) is 25.0 Å². The Labute approximate surface area is 135 Å². The van der Waals surface area contributed by atoms with Gasteiger partial charge in [-0.05, 0) is 31.6 Å². The van der Waals surface area contributed by atoms with Gasteiger partial charge in [-0.15, -0.1) is 0 Å². The van der Waals surface area contributed by atoms with Crippen molar-refractivity contribution >= 4 is 11.9 Å². The van der Waals surface area contributed by atoms with Crippen molar-refractivity contribution in [2.75, 3.05) is 13.2 Å². The van der Waals surface area contributed by atoms with Crippen molar-refractivity contribution in [2.24, 2.45) is 17.8 Å². The Morgan fingerprint density at radius 2 is 1.65 bits per heavy atom. The molecular weight excluding hydrogens is 300 g/mol. The normalized spacial score (nSPS) is 38.6. The highest BCUT2D eigenvalue weighted by Crippen LogP contribution is 2.49. The Bertz CT molecular complexity index is 515. The van der Waals surface area contributed by atoms with Crippen molar-refractivity contribution in [3.8, 4) is 0 Å². The molecule has 4 aliphatic rings. The molecule has 2 bridgehead atoms. The van der Waals surface area contributed by atoms with Gasteiger partial charge in [-0.2, -0.15) is 0 Å². The van der Waals surface area contributed by atoms with E-state index in [1.54, 1.807) is 0 Å². The van der Waals surface area contributed by atoms with Crippen LogP contribution >= 0.6 is 0 Å². The van der Waals surface area contributed by atoms with E-state index < -0.39 is 24.4 Å². The molecule has 6 nitrogen and oxygen atoms in total. The van der Waals surface area contributed by atoms with Crippen LogP contribution in [0.15, 0.2) is 11.6 Å². The van der Waals surface area contributed by atoms with Crippen molar-refractivity contribution in [1.29, 1.82) is 0 Å². The molecule has 2 aliphatic carbocycles. The second kappa shape index (κ2) is 6.24. The minimum atomic E-state index is -0.508. The first-order chi connectivity index (χ1) is 11.2. The zero-order chi connectivity index (χ0) is 15.8. The maximum Gasteiger partial charge on any atom is 0.316 e. The van der Waals surface area contributed by atoms with Crippen LogP contribution in [0.5, 0.6) is 0 Å². The summed E-state index contributed by atoms with van der Waals surface area (Å²) in [4.78, 5) is 25.1. The summed E-state index contributed by atoms with van der Waals surface area (Å²) in [5.41, 5.74) is 1.02. The fraction of sp³-hybridized carbons (Fsp3) is 0.765. The quantitative estimate of drug-likeness (QED) is 0.582. The number of carbonyl (C=O) groups excluding carboxylic acids is 2. The molecule has 2 aliphatic heterocycles. The minimum Gasteiger partial charge on any atom is -0.436 e. The smallest absolute Gasteiger partial charge is 0.316 e. The van der Waals surface area contributed by atoms with E-state index in [4.69, 9.17) is 18.9 Å². The fourth-order valence-corrected chi connectivity index (χ4v) is 4.12. The topological polar surface area (TPSA) is 71.1 Å². The molecule has 0 aromatic carbocycles. The Morgan fingerprint density at radius 3 is 2.26 bits per heavy atom. The third kappa shape index (κ3) is 2.90. The van der Waals surface area contributed by atoms with Gasteiger partial charge >= 0.3 is 11.9 Å². The van der Waals surface area contributed by atoms with Crippen LogP contribution in [0.2, 0.25) is 0 Å². The third-order valence-electron chi connectivity index (χ3n) is 5.24. The molecule has 0 aromatic heterocycles. The number of hydrogen-bond donors (Lipinski definition) is 0. The van der Waals surface area contributed by atoms with E-state index in [0.29, 0.717) is 13.2 Å². The second-order valence-corrected chi connectivity index (χ2v) is 6.74. The standard InChI is InChI=1S/C17H22O6/c18-16(22-12-3-1-7-20-12)14-10-5-6-11(9-10)15(14)17(19)23-13-4-2-8-21-13/h5,11-15H,1-4,6-9H2. The second-order valence-electron chi connectivity index (χ2n) is 6.74. The summed E-state index contributed by atoms with van der Waals surface area (Å²) in [5, 5.41) is 0. The van der Waals surface area contributed by atoms with E-state index in [-0.39, 0.29) is 17.9 Å². The first-order valence-electron chi connectivity index (χ1n) is 8.55. The van der Waals surface area contributed by atoms with Crippen LogP contribution in [-0.2, 0) is 28.5 Å². The van der Waals surface area contributed by atoms with Crippen LogP contribution in [0, 0.1) is 17.8 Å². The van der Waals surface area contributed by atoms with Crippen LogP contribution in [0.25, 0.3) is 0 Å². The molecule has 0 N–H and O–H groups in total. The Balaban J connectivity index is 1.44. The zero-order valence-corrected chi connectivity index (χ0v) is 13.1. The number of fused-ring (bicyclic) bond motifs is 2. The highest BCUT2D eigenvalue weighted by molar-refractivity contribution is 5.86. The maximum atomic E-state index is 12.6.